The van der Waals surface area contributed by atoms with Gasteiger partial charge in [-0.05, 0) is 74.7 Å². The number of likely N-dealkylation sites (tertiary alicyclic amines) is 1. The van der Waals surface area contributed by atoms with Crippen molar-refractivity contribution in [1.82, 2.24) is 10.2 Å². The van der Waals surface area contributed by atoms with Crippen LogP contribution in [0.3, 0.4) is 0 Å². The predicted octanol–water partition coefficient (Wildman–Crippen LogP) is 3.47. The lowest BCUT2D eigenvalue weighted by Crippen LogP contribution is -2.39. The number of carbonyl (C=O) groups is 1. The number of rotatable bonds is 2. The van der Waals surface area contributed by atoms with Crippen LogP contribution in [0.25, 0.3) is 0 Å². The first-order chi connectivity index (χ1) is 11.1. The van der Waals surface area contributed by atoms with Crippen LogP contribution in [0, 0.1) is 18.7 Å². The van der Waals surface area contributed by atoms with Gasteiger partial charge in [0.25, 0.3) is 5.91 Å². The van der Waals surface area contributed by atoms with Gasteiger partial charge in [-0.2, -0.15) is 0 Å². The van der Waals surface area contributed by atoms with Gasteiger partial charge in [-0.1, -0.05) is 13.0 Å². The molecule has 1 aromatic rings. The third kappa shape index (κ3) is 3.57. The molecule has 1 amide bonds. The molecule has 2 heterocycles. The van der Waals surface area contributed by atoms with Crippen LogP contribution in [0.5, 0.6) is 0 Å². The second-order valence-electron chi connectivity index (χ2n) is 7.22. The van der Waals surface area contributed by atoms with Crippen LogP contribution >= 0.6 is 0 Å². The summed E-state index contributed by atoms with van der Waals surface area (Å²) >= 11 is 0. The van der Waals surface area contributed by atoms with Crippen molar-refractivity contribution in [1.29, 1.82) is 0 Å². The molecule has 1 unspecified atom stereocenters. The summed E-state index contributed by atoms with van der Waals surface area (Å²) < 4.78 is 14.7. The molecule has 0 aliphatic carbocycles. The Morgan fingerprint density at radius 1 is 1.26 bits per heavy atom. The van der Waals surface area contributed by atoms with Gasteiger partial charge in [0.1, 0.15) is 5.82 Å². The van der Waals surface area contributed by atoms with E-state index in [9.17, 15) is 9.18 Å². The summed E-state index contributed by atoms with van der Waals surface area (Å²) in [5, 5.41) is 3.34. The zero-order valence-electron chi connectivity index (χ0n) is 14.2. The number of aryl methyl sites for hydroxylation is 1. The molecule has 2 aliphatic heterocycles. The van der Waals surface area contributed by atoms with E-state index in [4.69, 9.17) is 0 Å². The third-order valence-electron chi connectivity index (χ3n) is 5.28. The van der Waals surface area contributed by atoms with Crippen molar-refractivity contribution < 1.29 is 9.18 Å². The number of carbonyl (C=O) groups excluding carboxylic acids is 1. The van der Waals surface area contributed by atoms with Crippen LogP contribution in [0.4, 0.5) is 4.39 Å². The second-order valence-corrected chi connectivity index (χ2v) is 7.22. The van der Waals surface area contributed by atoms with Crippen molar-refractivity contribution in [3.63, 3.8) is 0 Å². The van der Waals surface area contributed by atoms with Gasteiger partial charge in [0.15, 0.2) is 0 Å². The highest BCUT2D eigenvalue weighted by molar-refractivity contribution is 5.96. The fraction of sp³-hybridized carbons (Fsp3) is 0.632. The molecule has 0 bridgehead atoms. The minimum absolute atomic E-state index is 0.136. The van der Waals surface area contributed by atoms with Crippen LogP contribution in [-0.2, 0) is 0 Å². The van der Waals surface area contributed by atoms with Gasteiger partial charge in [0.2, 0.25) is 0 Å². The first-order valence-electron chi connectivity index (χ1n) is 8.86. The number of hydrogen-bond donors (Lipinski definition) is 1. The summed E-state index contributed by atoms with van der Waals surface area (Å²) in [6.45, 7) is 7.48. The van der Waals surface area contributed by atoms with Crippen molar-refractivity contribution in [2.75, 3.05) is 26.2 Å². The van der Waals surface area contributed by atoms with E-state index < -0.39 is 0 Å². The maximum atomic E-state index is 14.7. The molecule has 2 saturated heterocycles. The van der Waals surface area contributed by atoms with Crippen molar-refractivity contribution in [3.8, 4) is 0 Å². The topological polar surface area (TPSA) is 32.3 Å². The molecule has 4 heteroatoms. The van der Waals surface area contributed by atoms with Gasteiger partial charge in [-0.15, -0.1) is 0 Å². The number of amides is 1. The van der Waals surface area contributed by atoms with Crippen molar-refractivity contribution in [2.45, 2.75) is 45.4 Å². The maximum Gasteiger partial charge on any atom is 0.257 e. The number of nitrogens with zero attached hydrogens (tertiary/aromatic N) is 1. The summed E-state index contributed by atoms with van der Waals surface area (Å²) in [6.07, 6.45) is 4.24. The lowest BCUT2D eigenvalue weighted by molar-refractivity contribution is 0.0677. The van der Waals surface area contributed by atoms with Gasteiger partial charge in [0.05, 0.1) is 5.56 Å². The Balaban J connectivity index is 1.83. The molecule has 0 radical (unpaired) electrons. The number of benzene rings is 1. The van der Waals surface area contributed by atoms with E-state index in [-0.39, 0.29) is 17.3 Å². The Kier molecular flexibility index (Phi) is 5.00. The minimum atomic E-state index is -0.346. The SMILES string of the molecule is Cc1cc(C2CCNCC2)cc(F)c1C(=O)N1CCCC(C)C1. The number of nitrogens with one attached hydrogen (secondary N) is 1. The molecule has 0 aromatic heterocycles. The zero-order chi connectivity index (χ0) is 16.4. The van der Waals surface area contributed by atoms with E-state index >= 15 is 0 Å². The lowest BCUT2D eigenvalue weighted by atomic mass is 9.88. The first-order valence-corrected chi connectivity index (χ1v) is 8.86. The van der Waals surface area contributed by atoms with Crippen LogP contribution in [0.2, 0.25) is 0 Å². The van der Waals surface area contributed by atoms with Crippen LogP contribution in [0.15, 0.2) is 12.1 Å². The molecule has 0 spiro atoms. The van der Waals surface area contributed by atoms with E-state index in [1.807, 2.05) is 17.9 Å². The summed E-state index contributed by atoms with van der Waals surface area (Å²) in [6, 6.07) is 3.63. The van der Waals surface area contributed by atoms with Gasteiger partial charge < -0.3 is 10.2 Å². The molecule has 2 fully saturated rings. The highest BCUT2D eigenvalue weighted by atomic mass is 19.1. The Hall–Kier alpha value is -1.42. The normalized spacial score (nSPS) is 23.1. The Bertz CT molecular complexity index is 558. The van der Waals surface area contributed by atoms with Gasteiger partial charge >= 0.3 is 0 Å². The first kappa shape index (κ1) is 16.4. The average molecular weight is 318 g/mol. The fourth-order valence-corrected chi connectivity index (χ4v) is 3.96. The Morgan fingerprint density at radius 3 is 2.65 bits per heavy atom. The largest absolute Gasteiger partial charge is 0.338 e. The summed E-state index contributed by atoms with van der Waals surface area (Å²) in [5.74, 6) is 0.430. The summed E-state index contributed by atoms with van der Waals surface area (Å²) in [4.78, 5) is 14.6. The van der Waals surface area contributed by atoms with Crippen LogP contribution in [-0.4, -0.2) is 37.0 Å². The summed E-state index contributed by atoms with van der Waals surface area (Å²) in [7, 11) is 0. The molecule has 3 nitrogen and oxygen atoms in total. The van der Waals surface area contributed by atoms with Crippen molar-refractivity contribution >= 4 is 5.91 Å². The molecule has 3 rings (SSSR count). The number of piperidine rings is 2. The Morgan fingerprint density at radius 2 is 2.00 bits per heavy atom. The van der Waals surface area contributed by atoms with Gasteiger partial charge in [-0.3, -0.25) is 4.79 Å². The highest BCUT2D eigenvalue weighted by Crippen LogP contribution is 2.29. The standard InChI is InChI=1S/C19H27FN2O/c1-13-4-3-9-22(12-13)19(23)18-14(2)10-16(11-17(18)20)15-5-7-21-8-6-15/h10-11,13,15,21H,3-9,12H2,1-2H3. The molecule has 1 aromatic carbocycles. The summed E-state index contributed by atoms with van der Waals surface area (Å²) in [5.41, 5.74) is 2.10. The van der Waals surface area contributed by atoms with Gasteiger partial charge in [0, 0.05) is 13.1 Å². The minimum Gasteiger partial charge on any atom is -0.338 e. The van der Waals surface area contributed by atoms with E-state index in [0.29, 0.717) is 11.8 Å². The monoisotopic (exact) mass is 318 g/mol. The molecule has 2 aliphatic rings. The van der Waals surface area contributed by atoms with Crippen LogP contribution < -0.4 is 5.32 Å². The average Bonchev–Trinajstić information content (AvgIpc) is 2.55. The number of halogens is 1. The van der Waals surface area contributed by atoms with Crippen molar-refractivity contribution in [2.24, 2.45) is 5.92 Å². The smallest absolute Gasteiger partial charge is 0.257 e. The van der Waals surface area contributed by atoms with E-state index in [0.717, 1.165) is 63.0 Å². The molecular formula is C19H27FN2O. The zero-order valence-corrected chi connectivity index (χ0v) is 14.2. The maximum absolute atomic E-state index is 14.7. The molecule has 23 heavy (non-hydrogen) atoms. The molecular weight excluding hydrogens is 291 g/mol. The molecule has 126 valence electrons. The Labute approximate surface area is 138 Å². The predicted molar refractivity (Wildman–Crippen MR) is 90.3 cm³/mol. The highest BCUT2D eigenvalue weighted by Gasteiger charge is 2.26. The van der Waals surface area contributed by atoms with E-state index in [1.165, 1.54) is 0 Å². The molecule has 1 atom stereocenters. The van der Waals surface area contributed by atoms with Crippen molar-refractivity contribution in [3.05, 3.63) is 34.6 Å². The second kappa shape index (κ2) is 7.00. The number of hydrogen-bond acceptors (Lipinski definition) is 2. The van der Waals surface area contributed by atoms with Gasteiger partial charge in [-0.25, -0.2) is 4.39 Å². The lowest BCUT2D eigenvalue weighted by Gasteiger charge is -2.31. The molecule has 0 saturated carbocycles. The quantitative estimate of drug-likeness (QED) is 0.905. The van der Waals surface area contributed by atoms with E-state index in [1.54, 1.807) is 6.07 Å². The van der Waals surface area contributed by atoms with Crippen LogP contribution in [0.1, 0.15) is 60.0 Å². The fourth-order valence-electron chi connectivity index (χ4n) is 3.96. The third-order valence-corrected chi connectivity index (χ3v) is 5.28. The molecule has 1 N–H and O–H groups in total. The van der Waals surface area contributed by atoms with E-state index in [2.05, 4.69) is 12.2 Å².